The Bertz CT molecular complexity index is 821. The van der Waals surface area contributed by atoms with Gasteiger partial charge in [0.2, 0.25) is 5.91 Å². The minimum atomic E-state index is -0.0654. The number of aromatic nitrogens is 1. The van der Waals surface area contributed by atoms with E-state index in [2.05, 4.69) is 45.2 Å². The van der Waals surface area contributed by atoms with Crippen molar-refractivity contribution in [2.45, 2.75) is 38.5 Å². The average Bonchev–Trinajstić information content (AvgIpc) is 3.48. The topological polar surface area (TPSA) is 78.4 Å². The van der Waals surface area contributed by atoms with E-state index in [1.54, 1.807) is 6.07 Å². The number of amides is 1. The molecule has 29 heavy (non-hydrogen) atoms. The normalized spacial score (nSPS) is 14.5. The van der Waals surface area contributed by atoms with Crippen molar-refractivity contribution >= 4 is 41.7 Å². The van der Waals surface area contributed by atoms with Gasteiger partial charge in [-0.05, 0) is 44.4 Å². The lowest BCUT2D eigenvalue weighted by atomic mass is 9.96. The zero-order chi connectivity index (χ0) is 19.8. The summed E-state index contributed by atoms with van der Waals surface area (Å²) in [6.45, 7) is 5.99. The molecule has 1 aliphatic rings. The molecule has 0 unspecified atom stereocenters. The van der Waals surface area contributed by atoms with Gasteiger partial charge in [0.15, 0.2) is 5.96 Å². The third kappa shape index (κ3) is 6.99. The molecule has 156 valence electrons. The van der Waals surface area contributed by atoms with Gasteiger partial charge in [0, 0.05) is 30.6 Å². The quantitative estimate of drug-likeness (QED) is 0.290. The number of anilines is 1. The van der Waals surface area contributed by atoms with Crippen LogP contribution in [0.15, 0.2) is 53.5 Å². The molecule has 0 radical (unpaired) electrons. The van der Waals surface area contributed by atoms with Crippen LogP contribution < -0.4 is 16.0 Å². The summed E-state index contributed by atoms with van der Waals surface area (Å²) in [5.41, 5.74) is 2.42. The standard InChI is InChI=1S/C22H29N5O.HI/c1-3-23-21(25-16-22(13-14-22)18-9-5-4-6-10-18)24-15-12-20(28)27-19-11-7-8-17(2)26-19;/h4-11H,3,12-16H2,1-2H3,(H2,23,24,25)(H,26,27,28);1H. The summed E-state index contributed by atoms with van der Waals surface area (Å²) in [5, 5.41) is 9.34. The van der Waals surface area contributed by atoms with E-state index in [9.17, 15) is 4.79 Å². The molecule has 1 saturated carbocycles. The van der Waals surface area contributed by atoms with Gasteiger partial charge in [0.05, 0.1) is 6.54 Å². The number of guanidine groups is 1. The van der Waals surface area contributed by atoms with Gasteiger partial charge >= 0.3 is 0 Å². The largest absolute Gasteiger partial charge is 0.357 e. The Kier molecular flexibility index (Phi) is 8.88. The van der Waals surface area contributed by atoms with Gasteiger partial charge < -0.3 is 16.0 Å². The minimum Gasteiger partial charge on any atom is -0.357 e. The maximum Gasteiger partial charge on any atom is 0.227 e. The first-order valence-corrected chi connectivity index (χ1v) is 9.92. The van der Waals surface area contributed by atoms with Crippen LogP contribution in [-0.4, -0.2) is 36.5 Å². The average molecular weight is 507 g/mol. The lowest BCUT2D eigenvalue weighted by Crippen LogP contribution is -2.39. The van der Waals surface area contributed by atoms with Crippen LogP contribution >= 0.6 is 24.0 Å². The molecule has 0 atom stereocenters. The van der Waals surface area contributed by atoms with E-state index in [0.29, 0.717) is 18.8 Å². The minimum absolute atomic E-state index is 0. The summed E-state index contributed by atoms with van der Waals surface area (Å²) >= 11 is 0. The predicted molar refractivity (Wildman–Crippen MR) is 129 cm³/mol. The zero-order valence-electron chi connectivity index (χ0n) is 17.1. The van der Waals surface area contributed by atoms with E-state index < -0.39 is 0 Å². The summed E-state index contributed by atoms with van der Waals surface area (Å²) < 4.78 is 0. The number of nitrogens with one attached hydrogen (secondary N) is 3. The third-order valence-corrected chi connectivity index (χ3v) is 4.92. The Labute approximate surface area is 190 Å². The molecular weight excluding hydrogens is 477 g/mol. The molecule has 6 nitrogen and oxygen atoms in total. The lowest BCUT2D eigenvalue weighted by Gasteiger charge is -2.16. The number of carbonyl (C=O) groups excluding carboxylic acids is 1. The highest BCUT2D eigenvalue weighted by molar-refractivity contribution is 14.0. The van der Waals surface area contributed by atoms with Crippen LogP contribution in [0.5, 0.6) is 0 Å². The molecule has 1 aromatic heterocycles. The molecule has 2 aromatic rings. The van der Waals surface area contributed by atoms with Crippen LogP contribution in [0.1, 0.15) is 37.4 Å². The third-order valence-electron chi connectivity index (χ3n) is 4.92. The second kappa shape index (κ2) is 11.1. The van der Waals surface area contributed by atoms with Gasteiger partial charge in [-0.3, -0.25) is 9.79 Å². The molecule has 0 bridgehead atoms. The lowest BCUT2D eigenvalue weighted by molar-refractivity contribution is -0.116. The van der Waals surface area contributed by atoms with Crippen LogP contribution in [0.25, 0.3) is 0 Å². The van der Waals surface area contributed by atoms with Gasteiger partial charge in [-0.15, -0.1) is 24.0 Å². The predicted octanol–water partition coefficient (Wildman–Crippen LogP) is 3.62. The number of pyridine rings is 1. The molecular formula is C22H30IN5O. The molecule has 3 N–H and O–H groups in total. The molecule has 1 aliphatic carbocycles. The van der Waals surface area contributed by atoms with Crippen molar-refractivity contribution in [2.24, 2.45) is 4.99 Å². The summed E-state index contributed by atoms with van der Waals surface area (Å²) in [7, 11) is 0. The second-order valence-electron chi connectivity index (χ2n) is 7.23. The zero-order valence-corrected chi connectivity index (χ0v) is 19.4. The van der Waals surface area contributed by atoms with Gasteiger partial charge in [-0.2, -0.15) is 0 Å². The first kappa shape index (κ1) is 23.1. The fraction of sp³-hybridized carbons (Fsp3) is 0.409. The summed E-state index contributed by atoms with van der Waals surface area (Å²) in [6, 6.07) is 16.2. The van der Waals surface area contributed by atoms with Gasteiger partial charge in [0.25, 0.3) is 0 Å². The van der Waals surface area contributed by atoms with E-state index in [-0.39, 0.29) is 35.3 Å². The molecule has 0 aliphatic heterocycles. The number of aliphatic imine (C=N–C) groups is 1. The highest BCUT2D eigenvalue weighted by Crippen LogP contribution is 2.48. The Morgan fingerprint density at radius 2 is 1.86 bits per heavy atom. The first-order valence-electron chi connectivity index (χ1n) is 9.92. The van der Waals surface area contributed by atoms with Crippen molar-refractivity contribution < 1.29 is 4.79 Å². The molecule has 1 amide bonds. The molecule has 0 saturated heterocycles. The molecule has 7 heteroatoms. The number of benzene rings is 1. The number of carbonyl (C=O) groups is 1. The van der Waals surface area contributed by atoms with E-state index >= 15 is 0 Å². The molecule has 1 heterocycles. The van der Waals surface area contributed by atoms with Gasteiger partial charge in [0.1, 0.15) is 5.82 Å². The van der Waals surface area contributed by atoms with Crippen LogP contribution in [0.4, 0.5) is 5.82 Å². The highest BCUT2D eigenvalue weighted by atomic mass is 127. The van der Waals surface area contributed by atoms with Crippen LogP contribution in [0.3, 0.4) is 0 Å². The van der Waals surface area contributed by atoms with E-state index in [1.165, 1.54) is 18.4 Å². The second-order valence-corrected chi connectivity index (χ2v) is 7.23. The van der Waals surface area contributed by atoms with Crippen LogP contribution in [0.2, 0.25) is 0 Å². The SMILES string of the molecule is CCNC(=NCC1(c2ccccc2)CC1)NCCC(=O)Nc1cccc(C)n1.I. The molecule has 3 rings (SSSR count). The Morgan fingerprint density at radius 1 is 1.10 bits per heavy atom. The van der Waals surface area contributed by atoms with E-state index in [4.69, 9.17) is 4.99 Å². The summed E-state index contributed by atoms with van der Waals surface area (Å²) in [5.74, 6) is 1.28. The van der Waals surface area contributed by atoms with Crippen LogP contribution in [-0.2, 0) is 10.2 Å². The fourth-order valence-corrected chi connectivity index (χ4v) is 3.17. The number of hydrogen-bond acceptors (Lipinski definition) is 3. The number of rotatable bonds is 8. The summed E-state index contributed by atoms with van der Waals surface area (Å²) in [4.78, 5) is 21.2. The monoisotopic (exact) mass is 507 g/mol. The maximum atomic E-state index is 12.1. The van der Waals surface area contributed by atoms with Crippen LogP contribution in [0, 0.1) is 6.92 Å². The van der Waals surface area contributed by atoms with Crippen molar-refractivity contribution in [2.75, 3.05) is 25.0 Å². The smallest absolute Gasteiger partial charge is 0.227 e. The van der Waals surface area contributed by atoms with Crippen molar-refractivity contribution in [3.05, 3.63) is 59.8 Å². The number of nitrogens with zero attached hydrogens (tertiary/aromatic N) is 2. The van der Waals surface area contributed by atoms with Crippen molar-refractivity contribution in [3.8, 4) is 0 Å². The Hall–Kier alpha value is -2.16. The maximum absolute atomic E-state index is 12.1. The van der Waals surface area contributed by atoms with Gasteiger partial charge in [-0.1, -0.05) is 36.4 Å². The van der Waals surface area contributed by atoms with Gasteiger partial charge in [-0.25, -0.2) is 4.98 Å². The molecule has 1 aromatic carbocycles. The van der Waals surface area contributed by atoms with Crippen molar-refractivity contribution in [1.82, 2.24) is 15.6 Å². The summed E-state index contributed by atoms with van der Waals surface area (Å²) in [6.07, 6.45) is 2.70. The van der Waals surface area contributed by atoms with E-state index in [0.717, 1.165) is 24.7 Å². The Morgan fingerprint density at radius 3 is 2.52 bits per heavy atom. The molecule has 0 spiro atoms. The number of aryl methyl sites for hydroxylation is 1. The van der Waals surface area contributed by atoms with Crippen molar-refractivity contribution in [1.29, 1.82) is 0 Å². The van der Waals surface area contributed by atoms with Crippen molar-refractivity contribution in [3.63, 3.8) is 0 Å². The Balaban J connectivity index is 0.00000300. The highest BCUT2D eigenvalue weighted by Gasteiger charge is 2.43. The molecule has 1 fully saturated rings. The first-order chi connectivity index (χ1) is 13.6. The number of halogens is 1. The fourth-order valence-electron chi connectivity index (χ4n) is 3.17. The number of hydrogen-bond donors (Lipinski definition) is 3. The van der Waals surface area contributed by atoms with E-state index in [1.807, 2.05) is 32.0 Å².